The van der Waals surface area contributed by atoms with Gasteiger partial charge in [-0.1, -0.05) is 24.8 Å². The maximum Gasteiger partial charge on any atom is 0.413 e. The van der Waals surface area contributed by atoms with Crippen LogP contribution in [0.15, 0.2) is 43.1 Å². The summed E-state index contributed by atoms with van der Waals surface area (Å²) in [6.07, 6.45) is 2.28. The van der Waals surface area contributed by atoms with Gasteiger partial charge in [-0.05, 0) is 57.9 Å². The first-order valence-corrected chi connectivity index (χ1v) is 15.3. The number of aliphatic hydroxyl groups is 1. The topological polar surface area (TPSA) is 136 Å². The van der Waals surface area contributed by atoms with E-state index >= 15 is 0 Å². The van der Waals surface area contributed by atoms with Gasteiger partial charge in [0.05, 0.1) is 32.1 Å². The fourth-order valence-electron chi connectivity index (χ4n) is 6.29. The van der Waals surface area contributed by atoms with Gasteiger partial charge in [0.15, 0.2) is 29.2 Å². The summed E-state index contributed by atoms with van der Waals surface area (Å²) in [4.78, 5) is 31.1. The third-order valence-corrected chi connectivity index (χ3v) is 8.08. The summed E-state index contributed by atoms with van der Waals surface area (Å²) in [5.74, 6) is 1.06. The largest absolute Gasteiger partial charge is 0.504 e. The Morgan fingerprint density at radius 3 is 2.43 bits per heavy atom. The van der Waals surface area contributed by atoms with Gasteiger partial charge in [-0.25, -0.2) is 4.79 Å². The summed E-state index contributed by atoms with van der Waals surface area (Å²) in [5, 5.41) is 22.7. The molecule has 12 nitrogen and oxygen atoms in total. The highest BCUT2D eigenvalue weighted by Gasteiger charge is 2.52. The number of phenolic OH excluding ortho intramolecular Hbond substituents is 1. The van der Waals surface area contributed by atoms with Crippen molar-refractivity contribution in [3.8, 4) is 28.7 Å². The Bertz CT molecular complexity index is 1600. The van der Waals surface area contributed by atoms with Gasteiger partial charge >= 0.3 is 6.09 Å². The smallest absolute Gasteiger partial charge is 0.413 e. The standard InChI is InChI=1S/C35H42N2O10/c1-9-11-43-17-25-27-22(29(44-12-10-2)20(4)30-31(27)46-18-45-30)16-24-33(40)37(34(41)47-35(5,6)7)23(32(39)36(24)25)14-21-13-19(3)28(42-8)26(38)15-21/h9-10,13,15-16,23,25,33,38,40H,1-2,11-12,14,17-18H2,3-8H3/t23-,25-,33?/m0/s1. The molecule has 3 aliphatic rings. The van der Waals surface area contributed by atoms with Gasteiger partial charge in [0.1, 0.15) is 24.0 Å². The molecule has 3 atom stereocenters. The average Bonchev–Trinajstić information content (AvgIpc) is 3.49. The molecule has 2 aromatic carbocycles. The molecule has 47 heavy (non-hydrogen) atoms. The van der Waals surface area contributed by atoms with Gasteiger partial charge in [0.2, 0.25) is 6.79 Å². The van der Waals surface area contributed by atoms with E-state index in [4.69, 9.17) is 28.4 Å². The Balaban J connectivity index is 1.71. The number of aryl methyl sites for hydroxylation is 1. The second kappa shape index (κ2) is 13.2. The van der Waals surface area contributed by atoms with Crippen molar-refractivity contribution in [2.75, 3.05) is 33.7 Å². The minimum atomic E-state index is -1.62. The lowest BCUT2D eigenvalue weighted by atomic mass is 9.86. The molecule has 0 aliphatic carbocycles. The van der Waals surface area contributed by atoms with E-state index in [-0.39, 0.29) is 44.5 Å². The van der Waals surface area contributed by atoms with Crippen molar-refractivity contribution in [1.82, 2.24) is 9.80 Å². The number of rotatable bonds is 10. The quantitative estimate of drug-likeness (QED) is 0.269. The van der Waals surface area contributed by atoms with Crippen LogP contribution in [0, 0.1) is 13.8 Å². The molecule has 12 heteroatoms. The molecule has 252 valence electrons. The highest BCUT2D eigenvalue weighted by atomic mass is 16.7. The molecular weight excluding hydrogens is 608 g/mol. The molecule has 2 aromatic rings. The number of carbonyl (C=O) groups is 2. The minimum Gasteiger partial charge on any atom is -0.504 e. The number of fused-ring (bicyclic) bond motifs is 4. The van der Waals surface area contributed by atoms with Gasteiger partial charge in [0, 0.05) is 23.1 Å². The second-order valence-corrected chi connectivity index (χ2v) is 12.5. The number of piperazine rings is 1. The monoisotopic (exact) mass is 650 g/mol. The van der Waals surface area contributed by atoms with E-state index in [1.54, 1.807) is 52.0 Å². The maximum absolute atomic E-state index is 14.8. The fourth-order valence-corrected chi connectivity index (χ4v) is 6.29. The van der Waals surface area contributed by atoms with Gasteiger partial charge in [-0.2, -0.15) is 0 Å². The predicted octanol–water partition coefficient (Wildman–Crippen LogP) is 4.92. The predicted molar refractivity (Wildman–Crippen MR) is 173 cm³/mol. The van der Waals surface area contributed by atoms with Crippen LogP contribution in [-0.4, -0.2) is 83.6 Å². The van der Waals surface area contributed by atoms with Crippen LogP contribution in [0.25, 0.3) is 6.08 Å². The van der Waals surface area contributed by atoms with Crippen molar-refractivity contribution < 1.29 is 48.2 Å². The van der Waals surface area contributed by atoms with Gasteiger partial charge < -0.3 is 38.6 Å². The Morgan fingerprint density at radius 2 is 1.79 bits per heavy atom. The van der Waals surface area contributed by atoms with Gasteiger partial charge in [-0.15, -0.1) is 6.58 Å². The number of aliphatic hydroxyl groups excluding tert-OH is 1. The maximum atomic E-state index is 14.8. The molecule has 3 heterocycles. The summed E-state index contributed by atoms with van der Waals surface area (Å²) in [6.45, 7) is 16.5. The molecule has 0 radical (unpaired) electrons. The van der Waals surface area contributed by atoms with Crippen LogP contribution in [0.1, 0.15) is 54.6 Å². The van der Waals surface area contributed by atoms with E-state index in [1.165, 1.54) is 18.1 Å². The highest BCUT2D eigenvalue weighted by Crippen LogP contribution is 2.54. The van der Waals surface area contributed by atoms with Crippen molar-refractivity contribution in [2.45, 2.75) is 65.0 Å². The van der Waals surface area contributed by atoms with Crippen LogP contribution in [0.2, 0.25) is 0 Å². The first kappa shape index (κ1) is 33.7. The van der Waals surface area contributed by atoms with Gasteiger partial charge in [-0.3, -0.25) is 14.6 Å². The molecule has 2 N–H and O–H groups in total. The number of hydrogen-bond donors (Lipinski definition) is 2. The van der Waals surface area contributed by atoms with Crippen molar-refractivity contribution >= 4 is 18.1 Å². The lowest BCUT2D eigenvalue weighted by molar-refractivity contribution is -0.153. The zero-order chi connectivity index (χ0) is 34.2. The molecule has 0 aromatic heterocycles. The van der Waals surface area contributed by atoms with E-state index in [9.17, 15) is 19.8 Å². The molecular formula is C35H42N2O10. The van der Waals surface area contributed by atoms with Crippen molar-refractivity contribution in [1.29, 1.82) is 0 Å². The normalized spacial score (nSPS) is 19.9. The third kappa shape index (κ3) is 6.22. The fraction of sp³-hybridized carbons (Fsp3) is 0.429. The number of aromatic hydroxyl groups is 1. The minimum absolute atomic E-state index is 0.00380. The third-order valence-electron chi connectivity index (χ3n) is 8.08. The number of nitrogens with zero attached hydrogens (tertiary/aromatic N) is 2. The molecule has 2 amide bonds. The van der Waals surface area contributed by atoms with Crippen LogP contribution in [0.4, 0.5) is 4.79 Å². The summed E-state index contributed by atoms with van der Waals surface area (Å²) >= 11 is 0. The van der Waals surface area contributed by atoms with Crippen LogP contribution < -0.4 is 18.9 Å². The molecule has 0 bridgehead atoms. The van der Waals surface area contributed by atoms with Crippen molar-refractivity contribution in [3.05, 3.63) is 71.0 Å². The Morgan fingerprint density at radius 1 is 1.09 bits per heavy atom. The number of phenols is 1. The van der Waals surface area contributed by atoms with E-state index in [0.29, 0.717) is 50.8 Å². The number of hydrogen-bond acceptors (Lipinski definition) is 10. The summed E-state index contributed by atoms with van der Waals surface area (Å²) < 4.78 is 34.9. The number of ether oxygens (including phenoxy) is 6. The number of benzene rings is 2. The van der Waals surface area contributed by atoms with Crippen molar-refractivity contribution in [2.24, 2.45) is 0 Å². The lowest BCUT2D eigenvalue weighted by Crippen LogP contribution is -2.64. The summed E-state index contributed by atoms with van der Waals surface area (Å²) in [5.41, 5.74) is 2.18. The van der Waals surface area contributed by atoms with E-state index < -0.39 is 35.9 Å². The second-order valence-electron chi connectivity index (χ2n) is 12.5. The molecule has 0 spiro atoms. The van der Waals surface area contributed by atoms with E-state index in [2.05, 4.69) is 13.2 Å². The summed E-state index contributed by atoms with van der Waals surface area (Å²) in [7, 11) is 1.45. The van der Waals surface area contributed by atoms with Crippen LogP contribution in [0.5, 0.6) is 28.7 Å². The molecule has 0 saturated carbocycles. The van der Waals surface area contributed by atoms with Gasteiger partial charge in [0.25, 0.3) is 5.91 Å². The molecule has 1 saturated heterocycles. The summed E-state index contributed by atoms with van der Waals surface area (Å²) in [6, 6.07) is 1.19. The SMILES string of the molecule is C=CCOC[C@H]1c2c(c(OCC=C)c(C)c3c2OCO3)C=C2C(O)N(C(=O)OC(C)(C)C)[C@@H](Cc3cc(C)c(OC)c(O)c3)C(=O)N21. The Labute approximate surface area is 274 Å². The Kier molecular flexibility index (Phi) is 9.46. The number of amides is 2. The van der Waals surface area contributed by atoms with Crippen molar-refractivity contribution in [3.63, 3.8) is 0 Å². The molecule has 1 unspecified atom stereocenters. The van der Waals surface area contributed by atoms with E-state index in [0.717, 1.165) is 4.90 Å². The molecule has 1 fully saturated rings. The first-order chi connectivity index (χ1) is 22.3. The lowest BCUT2D eigenvalue weighted by Gasteiger charge is -2.49. The molecule has 5 rings (SSSR count). The zero-order valence-corrected chi connectivity index (χ0v) is 27.6. The molecule has 3 aliphatic heterocycles. The Hall–Kier alpha value is -4.68. The highest BCUT2D eigenvalue weighted by molar-refractivity contribution is 5.93. The van der Waals surface area contributed by atoms with Crippen LogP contribution in [0.3, 0.4) is 0 Å². The average molecular weight is 651 g/mol. The first-order valence-electron chi connectivity index (χ1n) is 15.3. The number of methoxy groups -OCH3 is 1. The van der Waals surface area contributed by atoms with Crippen LogP contribution >= 0.6 is 0 Å². The van der Waals surface area contributed by atoms with Crippen LogP contribution in [-0.2, 0) is 20.7 Å². The zero-order valence-electron chi connectivity index (χ0n) is 27.6. The van der Waals surface area contributed by atoms with E-state index in [1.807, 2.05) is 6.92 Å². The number of carbonyl (C=O) groups excluding carboxylic acids is 2.